The molecule has 2 N–H and O–H groups in total. The molecule has 1 atom stereocenters. The SMILES string of the molecule is CCCC(C)(O)CNC(=O)c1cccc(OCC(C)C)c1. The smallest absolute Gasteiger partial charge is 0.251 e. The molecule has 1 aromatic carbocycles. The lowest BCUT2D eigenvalue weighted by Gasteiger charge is -2.23. The first kappa shape index (κ1) is 17.5. The minimum atomic E-state index is -0.865. The van der Waals surface area contributed by atoms with E-state index in [1.807, 2.05) is 13.0 Å². The molecule has 0 saturated heterocycles. The van der Waals surface area contributed by atoms with E-state index < -0.39 is 5.60 Å². The number of hydrogen-bond donors (Lipinski definition) is 2. The molecule has 0 saturated carbocycles. The molecular weight excluding hydrogens is 266 g/mol. The summed E-state index contributed by atoms with van der Waals surface area (Å²) in [6, 6.07) is 7.11. The van der Waals surface area contributed by atoms with Crippen molar-refractivity contribution in [1.29, 1.82) is 0 Å². The van der Waals surface area contributed by atoms with Crippen LogP contribution in [0.3, 0.4) is 0 Å². The number of nitrogens with one attached hydrogen (secondary N) is 1. The summed E-state index contributed by atoms with van der Waals surface area (Å²) in [7, 11) is 0. The maximum atomic E-state index is 12.1. The number of hydrogen-bond acceptors (Lipinski definition) is 3. The summed E-state index contributed by atoms with van der Waals surface area (Å²) in [6.45, 7) is 8.76. The molecule has 0 fully saturated rings. The maximum absolute atomic E-state index is 12.1. The Bertz CT molecular complexity index is 455. The Kier molecular flexibility index (Phi) is 6.69. The van der Waals surface area contributed by atoms with Gasteiger partial charge in [0.2, 0.25) is 0 Å². The van der Waals surface area contributed by atoms with Crippen LogP contribution in [0, 0.1) is 5.92 Å². The van der Waals surface area contributed by atoms with Gasteiger partial charge in [-0.2, -0.15) is 0 Å². The number of carbonyl (C=O) groups is 1. The lowest BCUT2D eigenvalue weighted by molar-refractivity contribution is 0.0469. The fraction of sp³-hybridized carbons (Fsp3) is 0.588. The van der Waals surface area contributed by atoms with Gasteiger partial charge in [-0.3, -0.25) is 4.79 Å². The molecule has 1 rings (SSSR count). The van der Waals surface area contributed by atoms with Crippen molar-refractivity contribution in [3.8, 4) is 5.75 Å². The Morgan fingerprint density at radius 2 is 2.14 bits per heavy atom. The average Bonchev–Trinajstić information content (AvgIpc) is 2.43. The minimum absolute atomic E-state index is 0.193. The summed E-state index contributed by atoms with van der Waals surface area (Å²) in [6.07, 6.45) is 1.53. The number of amides is 1. The third-order valence-electron chi connectivity index (χ3n) is 3.10. The van der Waals surface area contributed by atoms with Crippen molar-refractivity contribution >= 4 is 5.91 Å². The van der Waals surface area contributed by atoms with Crippen molar-refractivity contribution in [1.82, 2.24) is 5.32 Å². The lowest BCUT2D eigenvalue weighted by Crippen LogP contribution is -2.40. The highest BCUT2D eigenvalue weighted by Crippen LogP contribution is 2.15. The average molecular weight is 293 g/mol. The van der Waals surface area contributed by atoms with Crippen LogP contribution in [0.25, 0.3) is 0 Å². The van der Waals surface area contributed by atoms with Gasteiger partial charge in [0.15, 0.2) is 0 Å². The standard InChI is InChI=1S/C17H27NO3/c1-5-9-17(4,20)12-18-16(19)14-7-6-8-15(10-14)21-11-13(2)3/h6-8,10,13,20H,5,9,11-12H2,1-4H3,(H,18,19). The predicted octanol–water partition coefficient (Wildman–Crippen LogP) is 3.00. The van der Waals surface area contributed by atoms with Crippen molar-refractivity contribution in [2.75, 3.05) is 13.2 Å². The normalized spacial score (nSPS) is 13.8. The molecule has 0 aliphatic rings. The molecule has 0 aliphatic heterocycles. The second kappa shape index (κ2) is 8.03. The highest BCUT2D eigenvalue weighted by atomic mass is 16.5. The van der Waals surface area contributed by atoms with Crippen molar-refractivity contribution in [3.63, 3.8) is 0 Å². The Labute approximate surface area is 127 Å². The van der Waals surface area contributed by atoms with Crippen LogP contribution in [0.4, 0.5) is 0 Å². The summed E-state index contributed by atoms with van der Waals surface area (Å²) in [5, 5.41) is 12.8. The first-order valence-corrected chi connectivity index (χ1v) is 7.57. The van der Waals surface area contributed by atoms with Crippen molar-refractivity contribution < 1.29 is 14.6 Å². The molecule has 0 heterocycles. The summed E-state index contributed by atoms with van der Waals surface area (Å²) in [5.74, 6) is 0.935. The van der Waals surface area contributed by atoms with Gasteiger partial charge in [0, 0.05) is 12.1 Å². The van der Waals surface area contributed by atoms with E-state index in [2.05, 4.69) is 19.2 Å². The van der Waals surface area contributed by atoms with Gasteiger partial charge in [-0.15, -0.1) is 0 Å². The van der Waals surface area contributed by atoms with Crippen molar-refractivity contribution in [3.05, 3.63) is 29.8 Å². The van der Waals surface area contributed by atoms with Crippen LogP contribution in [0.1, 0.15) is 50.9 Å². The van der Waals surface area contributed by atoms with Gasteiger partial charge < -0.3 is 15.2 Å². The number of carbonyl (C=O) groups excluding carboxylic acids is 1. The van der Waals surface area contributed by atoms with E-state index in [1.54, 1.807) is 25.1 Å². The number of benzene rings is 1. The van der Waals surface area contributed by atoms with Crippen molar-refractivity contribution in [2.24, 2.45) is 5.92 Å². The van der Waals surface area contributed by atoms with Crippen molar-refractivity contribution in [2.45, 2.75) is 46.1 Å². The third kappa shape index (κ3) is 6.63. The minimum Gasteiger partial charge on any atom is -0.493 e. The number of rotatable bonds is 8. The quantitative estimate of drug-likeness (QED) is 0.774. The van der Waals surface area contributed by atoms with Gasteiger partial charge in [0.1, 0.15) is 5.75 Å². The zero-order valence-corrected chi connectivity index (χ0v) is 13.5. The Hall–Kier alpha value is -1.55. The van der Waals surface area contributed by atoms with Crippen LogP contribution >= 0.6 is 0 Å². The molecule has 21 heavy (non-hydrogen) atoms. The van der Waals surface area contributed by atoms with Gasteiger partial charge in [-0.1, -0.05) is 33.3 Å². The van der Waals surface area contributed by atoms with E-state index in [0.717, 1.165) is 6.42 Å². The van der Waals surface area contributed by atoms with E-state index in [4.69, 9.17) is 4.74 Å². The highest BCUT2D eigenvalue weighted by Gasteiger charge is 2.20. The molecule has 0 spiro atoms. The second-order valence-electron chi connectivity index (χ2n) is 6.16. The zero-order chi connectivity index (χ0) is 15.9. The van der Waals surface area contributed by atoms with E-state index in [0.29, 0.717) is 30.3 Å². The van der Waals surface area contributed by atoms with Gasteiger partial charge in [-0.25, -0.2) is 0 Å². The van der Waals surface area contributed by atoms with Gasteiger partial charge >= 0.3 is 0 Å². The fourth-order valence-electron chi connectivity index (χ4n) is 1.99. The van der Waals surface area contributed by atoms with Crippen LogP contribution in [0.5, 0.6) is 5.75 Å². The number of aliphatic hydroxyl groups is 1. The molecule has 1 unspecified atom stereocenters. The van der Waals surface area contributed by atoms with E-state index in [9.17, 15) is 9.90 Å². The first-order valence-electron chi connectivity index (χ1n) is 7.57. The van der Waals surface area contributed by atoms with E-state index >= 15 is 0 Å². The Balaban J connectivity index is 2.60. The molecule has 0 radical (unpaired) electrons. The maximum Gasteiger partial charge on any atom is 0.251 e. The van der Waals surface area contributed by atoms with E-state index in [1.165, 1.54) is 0 Å². The zero-order valence-electron chi connectivity index (χ0n) is 13.5. The molecule has 4 heteroatoms. The largest absolute Gasteiger partial charge is 0.493 e. The second-order valence-corrected chi connectivity index (χ2v) is 6.16. The topological polar surface area (TPSA) is 58.6 Å². The van der Waals surface area contributed by atoms with Crippen LogP contribution in [-0.4, -0.2) is 29.8 Å². The van der Waals surface area contributed by atoms with Gasteiger partial charge in [0.25, 0.3) is 5.91 Å². The molecule has 118 valence electrons. The predicted molar refractivity (Wildman–Crippen MR) is 84.6 cm³/mol. The number of ether oxygens (including phenoxy) is 1. The summed E-state index contributed by atoms with van der Waals surface area (Å²) in [5.41, 5.74) is -0.320. The molecular formula is C17H27NO3. The highest BCUT2D eigenvalue weighted by molar-refractivity contribution is 5.94. The van der Waals surface area contributed by atoms with E-state index in [-0.39, 0.29) is 12.5 Å². The molecule has 1 aromatic rings. The molecule has 0 bridgehead atoms. The van der Waals surface area contributed by atoms with Gasteiger partial charge in [0.05, 0.1) is 12.2 Å². The Morgan fingerprint density at radius 3 is 2.76 bits per heavy atom. The molecule has 1 amide bonds. The lowest BCUT2D eigenvalue weighted by atomic mass is 10.0. The molecule has 0 aliphatic carbocycles. The van der Waals surface area contributed by atoms with Crippen LogP contribution in [0.2, 0.25) is 0 Å². The monoisotopic (exact) mass is 293 g/mol. The van der Waals surface area contributed by atoms with Crippen LogP contribution < -0.4 is 10.1 Å². The molecule has 0 aromatic heterocycles. The summed E-state index contributed by atoms with van der Waals surface area (Å²) < 4.78 is 5.61. The fourth-order valence-corrected chi connectivity index (χ4v) is 1.99. The summed E-state index contributed by atoms with van der Waals surface area (Å²) in [4.78, 5) is 12.1. The van der Waals surface area contributed by atoms with Gasteiger partial charge in [-0.05, 0) is 37.5 Å². The Morgan fingerprint density at radius 1 is 1.43 bits per heavy atom. The van der Waals surface area contributed by atoms with Crippen LogP contribution in [0.15, 0.2) is 24.3 Å². The third-order valence-corrected chi connectivity index (χ3v) is 3.10. The summed E-state index contributed by atoms with van der Waals surface area (Å²) >= 11 is 0. The van der Waals surface area contributed by atoms with Crippen LogP contribution in [-0.2, 0) is 0 Å². The first-order chi connectivity index (χ1) is 9.84. The molecule has 4 nitrogen and oxygen atoms in total.